The number of carboxylic acid groups (broad SMARTS) is 1. The van der Waals surface area contributed by atoms with Crippen molar-refractivity contribution < 1.29 is 22.9 Å². The van der Waals surface area contributed by atoms with E-state index in [0.29, 0.717) is 13.1 Å². The Balaban J connectivity index is 1.45. The topological polar surface area (TPSA) is 78.6 Å². The van der Waals surface area contributed by atoms with Crippen LogP contribution in [-0.4, -0.2) is 44.1 Å². The molecule has 1 aromatic heterocycles. The number of thiazole rings is 1. The second-order valence-corrected chi connectivity index (χ2v) is 10.7. The van der Waals surface area contributed by atoms with Crippen LogP contribution < -0.4 is 9.47 Å². The third-order valence-electron chi connectivity index (χ3n) is 5.17. The molecule has 0 spiro atoms. The van der Waals surface area contributed by atoms with Crippen molar-refractivity contribution in [3.63, 3.8) is 0 Å². The number of benzene rings is 2. The minimum absolute atomic E-state index is 0.0767. The van der Waals surface area contributed by atoms with Crippen LogP contribution in [0.2, 0.25) is 0 Å². The van der Waals surface area contributed by atoms with Crippen LogP contribution in [-0.2, 0) is 21.2 Å². The van der Waals surface area contributed by atoms with E-state index >= 15 is 0 Å². The first-order valence-electron chi connectivity index (χ1n) is 9.95. The minimum atomic E-state index is -2.88. The smallest absolute Gasteiger partial charge is 0.370 e. The molecule has 1 N–H and O–H groups in total. The fraction of sp³-hybridized carbons (Fsp3) is 0.217. The Hall–Kier alpha value is -2.97. The molecule has 0 radical (unpaired) electrons. The number of hydrogen-bond acceptors (Lipinski definition) is 5. The second kappa shape index (κ2) is 9.03. The van der Waals surface area contributed by atoms with Crippen molar-refractivity contribution in [1.29, 1.82) is 0 Å². The number of carboxylic acids is 1. The summed E-state index contributed by atoms with van der Waals surface area (Å²) < 4.78 is 26.0. The number of carbonyl (C=O) groups is 1. The number of rotatable bonds is 6. The molecule has 1 aliphatic rings. The molecule has 0 unspecified atom stereocenters. The largest absolute Gasteiger partial charge is 0.477 e. The molecule has 1 fully saturated rings. The van der Waals surface area contributed by atoms with Crippen LogP contribution in [0.1, 0.15) is 10.6 Å². The maximum absolute atomic E-state index is 11.6. The lowest BCUT2D eigenvalue weighted by atomic mass is 10.2. The number of sulfone groups is 1. The van der Waals surface area contributed by atoms with Crippen molar-refractivity contribution in [2.75, 3.05) is 29.5 Å². The molecular formula is C23H23N2O4S2+. The van der Waals surface area contributed by atoms with Crippen LogP contribution in [0.15, 0.2) is 60.7 Å². The van der Waals surface area contributed by atoms with Gasteiger partial charge in [-0.15, -0.1) is 0 Å². The molecular weight excluding hydrogens is 432 g/mol. The summed E-state index contributed by atoms with van der Waals surface area (Å²) in [4.78, 5) is 13.4. The Kier molecular flexibility index (Phi) is 6.20. The lowest BCUT2D eigenvalue weighted by molar-refractivity contribution is -0.657. The number of hydrogen-bond donors (Lipinski definition) is 1. The molecule has 8 heteroatoms. The van der Waals surface area contributed by atoms with E-state index in [4.69, 9.17) is 0 Å². The first kappa shape index (κ1) is 21.3. The monoisotopic (exact) mass is 455 g/mol. The summed E-state index contributed by atoms with van der Waals surface area (Å²) in [5.74, 6) is -0.455. The first-order valence-corrected chi connectivity index (χ1v) is 12.6. The fourth-order valence-electron chi connectivity index (χ4n) is 3.55. The Morgan fingerprint density at radius 1 is 1.03 bits per heavy atom. The number of allylic oxidation sites excluding steroid dienone is 2. The van der Waals surface area contributed by atoms with E-state index in [1.807, 2.05) is 72.8 Å². The Bertz CT molecular complexity index is 1240. The Morgan fingerprint density at radius 3 is 2.42 bits per heavy atom. The van der Waals surface area contributed by atoms with Gasteiger partial charge >= 0.3 is 5.97 Å². The molecule has 0 amide bonds. The molecule has 0 aliphatic carbocycles. The second-order valence-electron chi connectivity index (χ2n) is 7.34. The van der Waals surface area contributed by atoms with Gasteiger partial charge in [-0.25, -0.2) is 13.2 Å². The molecule has 160 valence electrons. The molecule has 4 rings (SSSR count). The summed E-state index contributed by atoms with van der Waals surface area (Å²) >= 11 is 1.56. The van der Waals surface area contributed by atoms with Crippen molar-refractivity contribution in [2.24, 2.45) is 0 Å². The van der Waals surface area contributed by atoms with Gasteiger partial charge in [0.25, 0.3) is 5.01 Å². The van der Waals surface area contributed by atoms with E-state index in [-0.39, 0.29) is 18.1 Å². The summed E-state index contributed by atoms with van der Waals surface area (Å²) in [5.41, 5.74) is 2.98. The zero-order chi connectivity index (χ0) is 21.8. The molecule has 31 heavy (non-hydrogen) atoms. The zero-order valence-electron chi connectivity index (χ0n) is 16.8. The van der Waals surface area contributed by atoms with E-state index < -0.39 is 15.8 Å². The molecule has 0 saturated carbocycles. The zero-order valence-corrected chi connectivity index (χ0v) is 18.5. The summed E-state index contributed by atoms with van der Waals surface area (Å²) in [6.07, 6.45) is 7.74. The van der Waals surface area contributed by atoms with Crippen molar-refractivity contribution in [3.8, 4) is 0 Å². The number of fused-ring (bicyclic) bond motifs is 1. The molecule has 3 aromatic rings. The number of nitrogens with zero attached hydrogens (tertiary/aromatic N) is 2. The lowest BCUT2D eigenvalue weighted by Crippen LogP contribution is -2.40. The molecule has 0 atom stereocenters. The van der Waals surface area contributed by atoms with Crippen LogP contribution in [0.4, 0.5) is 5.69 Å². The molecule has 6 nitrogen and oxygen atoms in total. The SMILES string of the molecule is O=C(O)C[n+]1c(C=CC=Cc2ccc(N3CCS(=O)(=O)CC3)cc2)sc2ccccc21. The van der Waals surface area contributed by atoms with Crippen molar-refractivity contribution in [2.45, 2.75) is 6.54 Å². The Labute approximate surface area is 185 Å². The van der Waals surface area contributed by atoms with Gasteiger partial charge in [-0.3, -0.25) is 0 Å². The highest BCUT2D eigenvalue weighted by Gasteiger charge is 2.22. The number of aromatic nitrogens is 1. The summed E-state index contributed by atoms with van der Waals surface area (Å²) in [7, 11) is -2.88. The van der Waals surface area contributed by atoms with Crippen LogP contribution in [0.25, 0.3) is 22.4 Å². The van der Waals surface area contributed by atoms with E-state index in [0.717, 1.165) is 26.5 Å². The van der Waals surface area contributed by atoms with Crippen LogP contribution in [0.3, 0.4) is 0 Å². The number of aliphatic carboxylic acids is 1. The van der Waals surface area contributed by atoms with Crippen LogP contribution in [0, 0.1) is 0 Å². The highest BCUT2D eigenvalue weighted by atomic mass is 32.2. The van der Waals surface area contributed by atoms with Crippen molar-refractivity contribution in [1.82, 2.24) is 0 Å². The van der Waals surface area contributed by atoms with Gasteiger partial charge in [0.2, 0.25) is 12.1 Å². The standard InChI is InChI=1S/C23H22N2O4S2/c26-23(27)17-25-20-6-2-3-7-21(20)30-22(25)8-4-1-5-18-9-11-19(12-10-18)24-13-15-31(28,29)16-14-24/h1-12H,13-17H2/p+1. The van der Waals surface area contributed by atoms with Gasteiger partial charge in [0.1, 0.15) is 4.70 Å². The number of para-hydroxylation sites is 1. The first-order chi connectivity index (χ1) is 14.9. The molecule has 1 aliphatic heterocycles. The van der Waals surface area contributed by atoms with Crippen LogP contribution in [0.5, 0.6) is 0 Å². The van der Waals surface area contributed by atoms with E-state index in [1.54, 1.807) is 15.9 Å². The molecule has 0 bridgehead atoms. The predicted molar refractivity (Wildman–Crippen MR) is 125 cm³/mol. The average molecular weight is 456 g/mol. The van der Waals surface area contributed by atoms with Gasteiger partial charge < -0.3 is 10.0 Å². The van der Waals surface area contributed by atoms with Gasteiger partial charge in [0, 0.05) is 30.9 Å². The van der Waals surface area contributed by atoms with E-state index in [1.165, 1.54) is 0 Å². The predicted octanol–water partition coefficient (Wildman–Crippen LogP) is 3.23. The third kappa shape index (κ3) is 5.21. The lowest BCUT2D eigenvalue weighted by Gasteiger charge is -2.28. The van der Waals surface area contributed by atoms with Gasteiger partial charge in [-0.05, 0) is 23.8 Å². The fourth-order valence-corrected chi connectivity index (χ4v) is 5.82. The highest BCUT2D eigenvalue weighted by Crippen LogP contribution is 2.22. The van der Waals surface area contributed by atoms with E-state index in [9.17, 15) is 18.3 Å². The van der Waals surface area contributed by atoms with Gasteiger partial charge in [-0.1, -0.05) is 53.8 Å². The number of anilines is 1. The molecule has 2 heterocycles. The van der Waals surface area contributed by atoms with Crippen molar-refractivity contribution in [3.05, 3.63) is 71.3 Å². The van der Waals surface area contributed by atoms with E-state index in [2.05, 4.69) is 4.90 Å². The van der Waals surface area contributed by atoms with Gasteiger partial charge in [-0.2, -0.15) is 4.57 Å². The Morgan fingerprint density at radius 2 is 1.71 bits per heavy atom. The quantitative estimate of drug-likeness (QED) is 0.456. The summed E-state index contributed by atoms with van der Waals surface area (Å²) in [5, 5.41) is 10.1. The van der Waals surface area contributed by atoms with Crippen LogP contribution >= 0.6 is 11.3 Å². The average Bonchev–Trinajstić information content (AvgIpc) is 3.09. The van der Waals surface area contributed by atoms with Gasteiger partial charge in [0.05, 0.1) is 11.5 Å². The summed E-state index contributed by atoms with van der Waals surface area (Å²) in [6, 6.07) is 15.8. The van der Waals surface area contributed by atoms with Crippen molar-refractivity contribution >= 4 is 55.2 Å². The highest BCUT2D eigenvalue weighted by molar-refractivity contribution is 7.91. The third-order valence-corrected chi connectivity index (χ3v) is 7.91. The molecule has 1 saturated heterocycles. The summed E-state index contributed by atoms with van der Waals surface area (Å²) in [6.45, 7) is 0.990. The normalized spacial score (nSPS) is 16.5. The minimum Gasteiger partial charge on any atom is -0.477 e. The molecule has 2 aromatic carbocycles. The maximum atomic E-state index is 11.6. The maximum Gasteiger partial charge on any atom is 0.370 e. The van der Waals surface area contributed by atoms with Gasteiger partial charge in [0.15, 0.2) is 9.84 Å².